The van der Waals surface area contributed by atoms with Crippen LogP contribution in [0.4, 0.5) is 29.1 Å². The molecule has 2 N–H and O–H groups in total. The fourth-order valence-corrected chi connectivity index (χ4v) is 3.98. The summed E-state index contributed by atoms with van der Waals surface area (Å²) in [6, 6.07) is 4.43. The molecule has 4 nitrogen and oxygen atoms in total. The van der Waals surface area contributed by atoms with Crippen LogP contribution in [0.15, 0.2) is 30.5 Å². The number of pyridine rings is 1. The number of carbonyl (C=O) groups is 1. The summed E-state index contributed by atoms with van der Waals surface area (Å²) in [4.78, 5) is 16.9. The van der Waals surface area contributed by atoms with Gasteiger partial charge >= 0.3 is 6.18 Å². The molecule has 0 aliphatic heterocycles. The molecule has 0 radical (unpaired) electrons. The highest BCUT2D eigenvalue weighted by Gasteiger charge is 2.34. The van der Waals surface area contributed by atoms with Crippen molar-refractivity contribution < 1.29 is 22.4 Å². The fraction of sp³-hybridized carbons (Fsp3) is 0.455. The van der Waals surface area contributed by atoms with Crippen molar-refractivity contribution in [3.63, 3.8) is 0 Å². The van der Waals surface area contributed by atoms with E-state index in [9.17, 15) is 22.4 Å². The topological polar surface area (TPSA) is 54.0 Å². The second-order valence-corrected chi connectivity index (χ2v) is 8.11. The van der Waals surface area contributed by atoms with Gasteiger partial charge in [0.25, 0.3) is 5.91 Å². The van der Waals surface area contributed by atoms with Crippen molar-refractivity contribution in [2.24, 2.45) is 5.92 Å². The van der Waals surface area contributed by atoms with Crippen LogP contribution in [0.2, 0.25) is 0 Å². The van der Waals surface area contributed by atoms with Gasteiger partial charge in [-0.05, 0) is 67.3 Å². The number of hydrogen-bond acceptors (Lipinski definition) is 3. The van der Waals surface area contributed by atoms with Gasteiger partial charge in [-0.15, -0.1) is 0 Å². The van der Waals surface area contributed by atoms with Gasteiger partial charge in [-0.1, -0.05) is 12.8 Å². The number of anilines is 2. The first-order valence-electron chi connectivity index (χ1n) is 10.2. The molecule has 0 unspecified atom stereocenters. The number of nitrogens with zero attached hydrogens (tertiary/aromatic N) is 1. The smallest absolute Gasteiger partial charge is 0.352 e. The Morgan fingerprint density at radius 2 is 1.83 bits per heavy atom. The van der Waals surface area contributed by atoms with E-state index in [1.165, 1.54) is 25.1 Å². The first-order valence-corrected chi connectivity index (χ1v) is 10.2. The van der Waals surface area contributed by atoms with Crippen LogP contribution in [-0.2, 0) is 6.18 Å². The summed E-state index contributed by atoms with van der Waals surface area (Å²) >= 11 is 0. The van der Waals surface area contributed by atoms with Crippen LogP contribution in [0.25, 0.3) is 0 Å². The molecule has 0 saturated heterocycles. The Labute approximate surface area is 172 Å². The normalized spacial score (nSPS) is 17.2. The van der Waals surface area contributed by atoms with Crippen molar-refractivity contribution in [1.29, 1.82) is 0 Å². The van der Waals surface area contributed by atoms with E-state index in [2.05, 4.69) is 15.6 Å². The molecule has 8 heteroatoms. The van der Waals surface area contributed by atoms with Crippen molar-refractivity contribution in [2.75, 3.05) is 11.9 Å². The third-order valence-corrected chi connectivity index (χ3v) is 5.77. The quantitative estimate of drug-likeness (QED) is 0.582. The molecule has 160 valence electrons. The predicted molar refractivity (Wildman–Crippen MR) is 105 cm³/mol. The van der Waals surface area contributed by atoms with Gasteiger partial charge in [0.2, 0.25) is 0 Å². The van der Waals surface area contributed by atoms with Crippen LogP contribution in [0, 0.1) is 11.7 Å². The zero-order valence-corrected chi connectivity index (χ0v) is 16.4. The molecule has 1 aromatic heterocycles. The summed E-state index contributed by atoms with van der Waals surface area (Å²) in [6.45, 7) is 0.652. The van der Waals surface area contributed by atoms with Crippen LogP contribution in [-0.4, -0.2) is 17.4 Å². The fourth-order valence-electron chi connectivity index (χ4n) is 3.98. The monoisotopic (exact) mass is 421 g/mol. The highest BCUT2D eigenvalue weighted by Crippen LogP contribution is 2.42. The predicted octanol–water partition coefficient (Wildman–Crippen LogP) is 5.78. The summed E-state index contributed by atoms with van der Waals surface area (Å²) < 4.78 is 52.3. The van der Waals surface area contributed by atoms with Gasteiger partial charge in [0.1, 0.15) is 11.6 Å². The SMILES string of the molecule is O=C(NCC1CCCC1)c1cnc(Nc2ccc(F)c(C(F)(F)F)c2)cc1C1CC1. The third-order valence-electron chi connectivity index (χ3n) is 5.77. The van der Waals surface area contributed by atoms with E-state index in [1.54, 1.807) is 6.07 Å². The Bertz CT molecular complexity index is 934. The summed E-state index contributed by atoms with van der Waals surface area (Å²) in [7, 11) is 0. The van der Waals surface area contributed by atoms with Gasteiger partial charge < -0.3 is 10.6 Å². The minimum Gasteiger partial charge on any atom is -0.352 e. The number of rotatable bonds is 6. The Hall–Kier alpha value is -2.64. The maximum Gasteiger partial charge on any atom is 0.419 e. The molecule has 4 rings (SSSR count). The lowest BCUT2D eigenvalue weighted by Gasteiger charge is -2.15. The zero-order valence-electron chi connectivity index (χ0n) is 16.4. The molecule has 0 bridgehead atoms. The molecule has 1 heterocycles. The Balaban J connectivity index is 1.51. The lowest BCUT2D eigenvalue weighted by molar-refractivity contribution is -0.139. The van der Waals surface area contributed by atoms with E-state index < -0.39 is 17.6 Å². The van der Waals surface area contributed by atoms with E-state index in [0.717, 1.165) is 43.4 Å². The molecule has 30 heavy (non-hydrogen) atoms. The first-order chi connectivity index (χ1) is 14.3. The van der Waals surface area contributed by atoms with Crippen molar-refractivity contribution >= 4 is 17.4 Å². The largest absolute Gasteiger partial charge is 0.419 e. The number of halogens is 4. The van der Waals surface area contributed by atoms with Crippen LogP contribution >= 0.6 is 0 Å². The number of alkyl halides is 3. The molecular formula is C22H23F4N3O. The molecule has 2 aromatic rings. The molecule has 2 saturated carbocycles. The summed E-state index contributed by atoms with van der Waals surface area (Å²) in [5, 5.41) is 5.80. The Morgan fingerprint density at radius 3 is 2.50 bits per heavy atom. The zero-order chi connectivity index (χ0) is 21.3. The minimum atomic E-state index is -4.78. The molecule has 2 fully saturated rings. The number of hydrogen-bond donors (Lipinski definition) is 2. The number of amides is 1. The number of carbonyl (C=O) groups excluding carboxylic acids is 1. The Morgan fingerprint density at radius 1 is 1.10 bits per heavy atom. The van der Waals surface area contributed by atoms with E-state index >= 15 is 0 Å². The average Bonchev–Trinajstić information content (AvgIpc) is 3.42. The molecule has 2 aliphatic rings. The van der Waals surface area contributed by atoms with E-state index in [1.807, 2.05) is 0 Å². The first kappa shape index (κ1) is 20.6. The van der Waals surface area contributed by atoms with Crippen molar-refractivity contribution in [1.82, 2.24) is 10.3 Å². The van der Waals surface area contributed by atoms with Crippen molar-refractivity contribution in [3.8, 4) is 0 Å². The van der Waals surface area contributed by atoms with Crippen molar-refractivity contribution in [3.05, 3.63) is 53.0 Å². The van der Waals surface area contributed by atoms with Gasteiger partial charge in [0, 0.05) is 18.4 Å². The van der Waals surface area contributed by atoms with Crippen molar-refractivity contribution in [2.45, 2.75) is 50.6 Å². The van der Waals surface area contributed by atoms with E-state index in [4.69, 9.17) is 0 Å². The standard InChI is InChI=1S/C22H23F4N3O/c23-19-8-7-15(9-18(19)22(24,25)26)29-20-10-16(14-5-6-14)17(12-27-20)21(30)28-11-13-3-1-2-4-13/h7-10,12-14H,1-6,11H2,(H,27,29)(H,28,30). The molecule has 1 amide bonds. The molecule has 2 aliphatic carbocycles. The van der Waals surface area contributed by atoms with Crippen LogP contribution in [0.5, 0.6) is 0 Å². The summed E-state index contributed by atoms with van der Waals surface area (Å²) in [5.74, 6) is -0.393. The highest BCUT2D eigenvalue weighted by atomic mass is 19.4. The second-order valence-electron chi connectivity index (χ2n) is 8.11. The summed E-state index contributed by atoms with van der Waals surface area (Å²) in [6.07, 6.45) is 3.28. The van der Waals surface area contributed by atoms with E-state index in [0.29, 0.717) is 23.8 Å². The maximum absolute atomic E-state index is 13.5. The lowest BCUT2D eigenvalue weighted by Crippen LogP contribution is -2.29. The van der Waals surface area contributed by atoms with Gasteiger partial charge in [-0.25, -0.2) is 9.37 Å². The number of nitrogens with one attached hydrogen (secondary N) is 2. The average molecular weight is 421 g/mol. The van der Waals surface area contributed by atoms with Gasteiger partial charge in [-0.3, -0.25) is 4.79 Å². The highest BCUT2D eigenvalue weighted by molar-refractivity contribution is 5.96. The number of aromatic nitrogens is 1. The lowest BCUT2D eigenvalue weighted by atomic mass is 10.0. The molecular weight excluding hydrogens is 398 g/mol. The molecule has 1 aromatic carbocycles. The van der Waals surface area contributed by atoms with Gasteiger partial charge in [-0.2, -0.15) is 13.2 Å². The van der Waals surface area contributed by atoms with Gasteiger partial charge in [0.05, 0.1) is 11.1 Å². The maximum atomic E-state index is 13.5. The Kier molecular flexibility index (Phi) is 5.66. The van der Waals surface area contributed by atoms with Gasteiger partial charge in [0.15, 0.2) is 0 Å². The second kappa shape index (κ2) is 8.24. The third kappa shape index (κ3) is 4.74. The number of benzene rings is 1. The summed E-state index contributed by atoms with van der Waals surface area (Å²) in [5.41, 5.74) is 0.0972. The molecule has 0 atom stereocenters. The van der Waals surface area contributed by atoms with Crippen LogP contribution in [0.1, 0.15) is 65.9 Å². The van der Waals surface area contributed by atoms with E-state index in [-0.39, 0.29) is 17.5 Å². The minimum absolute atomic E-state index is 0.0800. The van der Waals surface area contributed by atoms with Crippen LogP contribution in [0.3, 0.4) is 0 Å². The molecule has 0 spiro atoms. The van der Waals surface area contributed by atoms with Crippen LogP contribution < -0.4 is 10.6 Å².